The number of sulfone groups is 3. The van der Waals surface area contributed by atoms with Crippen molar-refractivity contribution in [3.63, 3.8) is 0 Å². The maximum atomic E-state index is 12.2. The van der Waals surface area contributed by atoms with Crippen LogP contribution >= 0.6 is 0 Å². The summed E-state index contributed by atoms with van der Waals surface area (Å²) in [5.74, 6) is 1.00. The van der Waals surface area contributed by atoms with Crippen LogP contribution in [0.4, 0.5) is 5.69 Å². The Bertz CT molecular complexity index is 5170. The molecular weight excluding hydrogens is 1650 g/mol. The van der Waals surface area contributed by atoms with E-state index in [1.807, 2.05) is 105 Å². The lowest BCUT2D eigenvalue weighted by molar-refractivity contribution is 0.0303. The van der Waals surface area contributed by atoms with Gasteiger partial charge < -0.3 is 34.2 Å². The number of ether oxygens (including phenoxy) is 2. The largest absolute Gasteiger partial charge is 0.395 e. The van der Waals surface area contributed by atoms with Gasteiger partial charge in [0.1, 0.15) is 0 Å². The van der Waals surface area contributed by atoms with Crippen molar-refractivity contribution in [3.8, 4) is 6.07 Å². The van der Waals surface area contributed by atoms with Gasteiger partial charge in [0.05, 0.1) is 70.7 Å². The molecule has 0 unspecified atom stereocenters. The molecule has 12 rings (SSSR count). The Kier molecular flexibility index (Phi) is 40.6. The summed E-state index contributed by atoms with van der Waals surface area (Å²) in [5, 5.41) is 17.7. The zero-order chi connectivity index (χ0) is 96.5. The van der Waals surface area contributed by atoms with Gasteiger partial charge >= 0.3 is 0 Å². The van der Waals surface area contributed by atoms with E-state index < -0.39 is 34.9 Å². The third kappa shape index (κ3) is 36.1. The summed E-state index contributed by atoms with van der Waals surface area (Å²) in [5.41, 5.74) is 15.7. The van der Waals surface area contributed by atoms with Gasteiger partial charge in [-0.25, -0.2) is 25.3 Å². The van der Waals surface area contributed by atoms with E-state index in [-0.39, 0.29) is 78.1 Å². The van der Waals surface area contributed by atoms with E-state index in [2.05, 4.69) is 253 Å². The number of benzene rings is 8. The van der Waals surface area contributed by atoms with Crippen molar-refractivity contribution in [2.24, 2.45) is 0 Å². The minimum Gasteiger partial charge on any atom is -0.395 e. The van der Waals surface area contributed by atoms with Crippen LogP contribution in [0.3, 0.4) is 0 Å². The van der Waals surface area contributed by atoms with Crippen molar-refractivity contribution < 1.29 is 49.4 Å². The Morgan fingerprint density at radius 3 is 1.03 bits per heavy atom. The second-order valence-corrected chi connectivity index (χ2v) is 49.4. The van der Waals surface area contributed by atoms with Gasteiger partial charge in [-0.05, 0) is 237 Å². The highest BCUT2D eigenvalue weighted by molar-refractivity contribution is 7.91. The van der Waals surface area contributed by atoms with E-state index in [9.17, 15) is 34.8 Å². The van der Waals surface area contributed by atoms with Gasteiger partial charge in [0.25, 0.3) is 11.8 Å². The molecule has 0 bridgehead atoms. The highest BCUT2D eigenvalue weighted by Gasteiger charge is 2.28. The van der Waals surface area contributed by atoms with Crippen LogP contribution in [0.2, 0.25) is 0 Å². The van der Waals surface area contributed by atoms with E-state index in [0.717, 1.165) is 91.5 Å². The molecule has 8 aromatic rings. The minimum absolute atomic E-state index is 0.0132. The van der Waals surface area contributed by atoms with Crippen molar-refractivity contribution in [1.82, 2.24) is 14.7 Å². The number of aliphatic hydroxyl groups is 1. The maximum absolute atomic E-state index is 12.2. The van der Waals surface area contributed by atoms with E-state index >= 15 is 0 Å². The lowest BCUT2D eigenvalue weighted by Crippen LogP contribution is -2.40. The number of hydrogen-bond acceptors (Lipinski definition) is 14. The molecule has 0 aliphatic carbocycles. The molecule has 4 aliphatic heterocycles. The van der Waals surface area contributed by atoms with Crippen molar-refractivity contribution >= 4 is 47.0 Å². The van der Waals surface area contributed by atoms with Gasteiger partial charge in [-0.2, -0.15) is 5.26 Å². The number of morpholine rings is 2. The average molecular weight is 1810 g/mol. The summed E-state index contributed by atoms with van der Waals surface area (Å²) < 4.78 is 80.1. The fourth-order valence-electron chi connectivity index (χ4n) is 14.2. The van der Waals surface area contributed by atoms with Gasteiger partial charge in [-0.15, -0.1) is 0 Å². The third-order valence-corrected chi connectivity index (χ3v) is 28.0. The average Bonchev–Trinajstić information content (AvgIpc) is 0.917. The number of likely N-dealkylation sites (tertiary alicyclic amines) is 2. The zero-order valence-electron chi connectivity index (χ0n) is 83.5. The Balaban J connectivity index is 0.000000260. The number of hydrogen-bond donors (Lipinski definition) is 1. The summed E-state index contributed by atoms with van der Waals surface area (Å²) in [6.45, 7) is 67.7. The predicted molar refractivity (Wildman–Crippen MR) is 534 cm³/mol. The van der Waals surface area contributed by atoms with Gasteiger partial charge in [0.15, 0.2) is 29.5 Å². The number of nitrogens with zero attached hydrogens (tertiary/aromatic N) is 5. The molecule has 0 saturated carbocycles. The van der Waals surface area contributed by atoms with E-state index in [4.69, 9.17) is 19.8 Å². The van der Waals surface area contributed by atoms with E-state index in [0.29, 0.717) is 36.1 Å². The summed E-state index contributed by atoms with van der Waals surface area (Å²) in [6, 6.07) is 66.1. The fourth-order valence-corrected chi connectivity index (χ4v) is 16.9. The van der Waals surface area contributed by atoms with Gasteiger partial charge in [-0.1, -0.05) is 294 Å². The molecule has 0 atom stereocenters. The smallest absolute Gasteiger partial charge is 0.254 e. The summed E-state index contributed by atoms with van der Waals surface area (Å²) in [4.78, 5) is 34.1. The van der Waals surface area contributed by atoms with Crippen molar-refractivity contribution in [1.29, 1.82) is 5.26 Å². The van der Waals surface area contributed by atoms with E-state index in [1.54, 1.807) is 55.5 Å². The summed E-state index contributed by atoms with van der Waals surface area (Å²) >= 11 is 0. The molecule has 8 aromatic carbocycles. The molecule has 1 N–H and O–H groups in total. The van der Waals surface area contributed by atoms with Crippen molar-refractivity contribution in [2.45, 2.75) is 282 Å². The first kappa shape index (κ1) is 110. The zero-order valence-corrected chi connectivity index (χ0v) is 85.9. The van der Waals surface area contributed by atoms with Crippen molar-refractivity contribution in [3.05, 3.63) is 261 Å². The van der Waals surface area contributed by atoms with Crippen LogP contribution in [0.15, 0.2) is 209 Å². The first-order chi connectivity index (χ1) is 59.0. The standard InChI is InChI=1S/C16H25N.C15H21NO2.C15H21NO.C14H21NO.C14H19N.C12H18O3S.C12H18O2S.C11H16O2S/c1-16(2,3)15-7-5-13(6-8-15)14-9-11-17(4)12-10-14;1-15(2,3)13-6-4-12(5-7-13)14(17)16-8-10-18-11-9-16;1-15(2,3)13-8-6-12(7-9-13)14(17)16-10-4-5-11-16;1-14(2,3)12-5-4-6-13(11-12)15-7-9-16-10-8-15;1-13(2,3)11-6-8-12(9-7-11)14(4,5)10-15;1-12(2,3)10-5-4-6-11(9-10)16(14,15)8-7-13;1-5-15(13,14)11-8-6-7-10(9-11)12(2,3)4;1-11(2,3)9-6-5-7-10(8-9)14(4,12)13/h5-8,14H,9-12H2,1-4H3;4-7H,8-11H2,1-3H3;6-9H,4-5,10-11H2,1-3H3;4-6,11H,7-10H2,1-3H3;6-9H,1-5H3;4-6,9,13H,7-8H2,1-3H3;6-9H,5H2,1-4H3;5-8H,1-4H3. The third-order valence-electron chi connectivity index (χ3n) is 23.5. The number of nitriles is 1. The number of amides is 2. The van der Waals surface area contributed by atoms with Crippen molar-refractivity contribution in [2.75, 3.05) is 115 Å². The topological polar surface area (TPSA) is 212 Å². The summed E-state index contributed by atoms with van der Waals surface area (Å²) in [6.07, 6.45) is 6.14. The van der Waals surface area contributed by atoms with E-state index in [1.165, 1.54) is 71.3 Å². The normalized spacial score (nSPS) is 15.2. The SMILES string of the molecule is CC(C)(C)c1ccc(C(=O)N2CCCC2)cc1.CC(C)(C)c1ccc(C(=O)N2CCOCC2)cc1.CC(C)(C)c1ccc(C(C)(C)C#N)cc1.CC(C)(C)c1cccc(N2CCOCC2)c1.CC(C)(C)c1cccc(S(=O)(=O)CCO)c1.CC(C)(C)c1cccc(S(C)(=O)=O)c1.CCS(=O)(=O)c1cccc(C(C)(C)C)c1.CN1CCC(c2ccc(C(C)(C)C)cc2)CC1. The monoisotopic (exact) mass is 1810 g/mol. The van der Waals surface area contributed by atoms with Crippen LogP contribution in [0.5, 0.6) is 0 Å². The molecule has 4 fully saturated rings. The molecule has 0 spiro atoms. The number of piperidine rings is 1. The molecule has 0 radical (unpaired) electrons. The van der Waals surface area contributed by atoms with Crippen LogP contribution in [-0.4, -0.2) is 167 Å². The quantitative estimate of drug-likeness (QED) is 0.128. The molecule has 4 aliphatic rings. The highest BCUT2D eigenvalue weighted by Crippen LogP contribution is 2.35. The maximum Gasteiger partial charge on any atom is 0.254 e. The molecule has 2 amide bonds. The van der Waals surface area contributed by atoms with Crippen LogP contribution in [-0.2, 0) is 87.7 Å². The van der Waals surface area contributed by atoms with Gasteiger partial charge in [0, 0.05) is 62.3 Å². The Labute approximate surface area is 775 Å². The first-order valence-electron chi connectivity index (χ1n) is 45.7. The molecule has 16 nitrogen and oxygen atoms in total. The number of rotatable bonds is 11. The lowest BCUT2D eigenvalue weighted by atomic mass is 9.82. The molecule has 19 heteroatoms. The lowest BCUT2D eigenvalue weighted by Gasteiger charge is -2.30. The highest BCUT2D eigenvalue weighted by atomic mass is 32.2. The molecule has 4 saturated heterocycles. The Morgan fingerprint density at radius 2 is 0.688 bits per heavy atom. The Morgan fingerprint density at radius 1 is 0.383 bits per heavy atom. The van der Waals surface area contributed by atoms with Crippen LogP contribution in [0.25, 0.3) is 0 Å². The second kappa shape index (κ2) is 47.2. The van der Waals surface area contributed by atoms with Gasteiger partial charge in [0.2, 0.25) is 0 Å². The molecule has 0 aromatic heterocycles. The minimum atomic E-state index is -3.34. The molecule has 4 heterocycles. The Hall–Kier alpha value is -8.32. The van der Waals surface area contributed by atoms with Crippen LogP contribution < -0.4 is 4.90 Å². The van der Waals surface area contributed by atoms with Crippen LogP contribution in [0, 0.1) is 11.3 Å². The number of aliphatic hydroxyl groups excluding tert-OH is 1. The van der Waals surface area contributed by atoms with Crippen LogP contribution in [0.1, 0.15) is 295 Å². The molecular formula is C109H159N5O11S3. The number of carbonyl (C=O) groups excluding carboxylic acids is 2. The number of anilines is 1. The summed E-state index contributed by atoms with van der Waals surface area (Å²) in [7, 11) is -7.29. The number of carbonyl (C=O) groups is 2. The molecule has 128 heavy (non-hydrogen) atoms. The fraction of sp³-hybridized carbons (Fsp3) is 0.532. The first-order valence-corrected chi connectivity index (χ1v) is 50.9. The van der Waals surface area contributed by atoms with Gasteiger partial charge in [-0.3, -0.25) is 9.59 Å². The second-order valence-electron chi connectivity index (χ2n) is 43.0. The predicted octanol–water partition coefficient (Wildman–Crippen LogP) is 23.0. The molecule has 704 valence electrons.